The molecule has 182 valence electrons. The van der Waals surface area contributed by atoms with Gasteiger partial charge in [0.05, 0.1) is 18.2 Å². The van der Waals surface area contributed by atoms with Crippen LogP contribution in [-0.2, 0) is 10.3 Å². The molecular formula is C31H35NO3. The van der Waals surface area contributed by atoms with E-state index >= 15 is 0 Å². The number of allylic oxidation sites excluding steroid dienone is 1. The first kappa shape index (κ1) is 24.9. The predicted molar refractivity (Wildman–Crippen MR) is 140 cm³/mol. The van der Waals surface area contributed by atoms with Crippen LogP contribution in [0.1, 0.15) is 53.6 Å². The Morgan fingerprint density at radius 1 is 0.857 bits per heavy atom. The summed E-state index contributed by atoms with van der Waals surface area (Å²) in [5, 5.41) is 12.4. The van der Waals surface area contributed by atoms with E-state index in [1.165, 1.54) is 6.42 Å². The highest BCUT2D eigenvalue weighted by atomic mass is 16.5. The number of piperidine rings is 1. The molecule has 0 spiro atoms. The molecule has 0 amide bonds. The molecule has 35 heavy (non-hydrogen) atoms. The molecule has 1 fully saturated rings. The van der Waals surface area contributed by atoms with E-state index in [1.807, 2.05) is 78.9 Å². The minimum absolute atomic E-state index is 0.195. The molecule has 3 aromatic rings. The van der Waals surface area contributed by atoms with Gasteiger partial charge in [-0.05, 0) is 62.0 Å². The third kappa shape index (κ3) is 6.27. The number of esters is 1. The standard InChI is InChI=1S/C31H35NO3/c33-30(26-16-6-1-7-17-26)35-25-15-4-12-22-29(32-23-13-5-14-24-32)31(34,27-18-8-2-9-19-27)28-20-10-3-11-21-28/h1-3,6-12,16-22,29,34H,4-5,13-15,23-25H2/b22-12-. The van der Waals surface area contributed by atoms with Crippen LogP contribution >= 0.6 is 0 Å². The third-order valence-corrected chi connectivity index (χ3v) is 6.72. The maximum absolute atomic E-state index is 12.4. The topological polar surface area (TPSA) is 49.8 Å². The first-order valence-electron chi connectivity index (χ1n) is 12.7. The first-order valence-corrected chi connectivity index (χ1v) is 12.7. The Morgan fingerprint density at radius 3 is 1.97 bits per heavy atom. The van der Waals surface area contributed by atoms with Crippen LogP contribution in [0.4, 0.5) is 0 Å². The van der Waals surface area contributed by atoms with Crippen molar-refractivity contribution in [1.29, 1.82) is 0 Å². The van der Waals surface area contributed by atoms with Crippen LogP contribution < -0.4 is 0 Å². The van der Waals surface area contributed by atoms with Crippen molar-refractivity contribution < 1.29 is 14.6 Å². The smallest absolute Gasteiger partial charge is 0.338 e. The van der Waals surface area contributed by atoms with E-state index in [4.69, 9.17) is 4.74 Å². The molecule has 1 heterocycles. The van der Waals surface area contributed by atoms with Crippen molar-refractivity contribution in [2.45, 2.75) is 43.7 Å². The van der Waals surface area contributed by atoms with Gasteiger partial charge in [0.2, 0.25) is 0 Å². The Balaban J connectivity index is 1.50. The Kier molecular flexibility index (Phi) is 8.88. The molecule has 0 aliphatic carbocycles. The normalized spacial score (nSPS) is 15.7. The van der Waals surface area contributed by atoms with E-state index in [0.717, 1.165) is 49.9 Å². The minimum atomic E-state index is -1.17. The number of hydrogen-bond donors (Lipinski definition) is 1. The van der Waals surface area contributed by atoms with Crippen molar-refractivity contribution in [2.24, 2.45) is 0 Å². The van der Waals surface area contributed by atoms with Gasteiger partial charge in [-0.2, -0.15) is 0 Å². The summed E-state index contributed by atoms with van der Waals surface area (Å²) in [5.41, 5.74) is 1.19. The van der Waals surface area contributed by atoms with E-state index < -0.39 is 5.60 Å². The lowest BCUT2D eigenvalue weighted by Crippen LogP contribution is -2.52. The number of aliphatic hydroxyl groups is 1. The van der Waals surface area contributed by atoms with Gasteiger partial charge in [0.25, 0.3) is 0 Å². The van der Waals surface area contributed by atoms with Gasteiger partial charge in [0, 0.05) is 0 Å². The SMILES string of the molecule is O=C(OCCC/C=C\C(N1CCCCC1)C(O)(c1ccccc1)c1ccccc1)c1ccccc1. The van der Waals surface area contributed by atoms with Gasteiger partial charge in [-0.3, -0.25) is 4.90 Å². The quantitative estimate of drug-likeness (QED) is 0.226. The lowest BCUT2D eigenvalue weighted by Gasteiger charge is -2.44. The molecule has 1 atom stereocenters. The van der Waals surface area contributed by atoms with E-state index in [1.54, 1.807) is 12.1 Å². The van der Waals surface area contributed by atoms with Gasteiger partial charge >= 0.3 is 5.97 Å². The maximum Gasteiger partial charge on any atom is 0.338 e. The van der Waals surface area contributed by atoms with Gasteiger partial charge in [-0.25, -0.2) is 4.79 Å². The van der Waals surface area contributed by atoms with E-state index in [2.05, 4.69) is 17.1 Å². The molecule has 4 heteroatoms. The number of ether oxygens (including phenoxy) is 1. The fourth-order valence-corrected chi connectivity index (χ4v) is 4.86. The molecule has 4 nitrogen and oxygen atoms in total. The van der Waals surface area contributed by atoms with Crippen LogP contribution in [0.15, 0.2) is 103 Å². The highest BCUT2D eigenvalue weighted by molar-refractivity contribution is 5.89. The number of nitrogens with zero attached hydrogens (tertiary/aromatic N) is 1. The number of carbonyl (C=O) groups excluding carboxylic acids is 1. The van der Waals surface area contributed by atoms with Crippen LogP contribution in [0.3, 0.4) is 0 Å². The zero-order valence-corrected chi connectivity index (χ0v) is 20.3. The van der Waals surface area contributed by atoms with Gasteiger partial charge in [-0.1, -0.05) is 97.4 Å². The summed E-state index contributed by atoms with van der Waals surface area (Å²) in [4.78, 5) is 14.6. The predicted octanol–water partition coefficient (Wildman–Crippen LogP) is 5.97. The zero-order chi connectivity index (χ0) is 24.3. The number of benzene rings is 3. The second-order valence-electron chi connectivity index (χ2n) is 9.11. The number of rotatable bonds is 10. The zero-order valence-electron chi connectivity index (χ0n) is 20.3. The molecule has 1 unspecified atom stereocenters. The van der Waals surface area contributed by atoms with Crippen molar-refractivity contribution in [3.63, 3.8) is 0 Å². The van der Waals surface area contributed by atoms with Crippen LogP contribution in [0, 0.1) is 0 Å². The van der Waals surface area contributed by atoms with Crippen molar-refractivity contribution in [3.8, 4) is 0 Å². The Labute approximate surface area is 208 Å². The van der Waals surface area contributed by atoms with Gasteiger partial charge in [0.1, 0.15) is 5.60 Å². The Hall–Kier alpha value is -3.21. The highest BCUT2D eigenvalue weighted by Gasteiger charge is 2.42. The molecule has 0 saturated carbocycles. The number of carbonyl (C=O) groups is 1. The average Bonchev–Trinajstić information content (AvgIpc) is 2.94. The second-order valence-corrected chi connectivity index (χ2v) is 9.11. The summed E-state index contributed by atoms with van der Waals surface area (Å²) in [5.74, 6) is -0.289. The fourth-order valence-electron chi connectivity index (χ4n) is 4.86. The lowest BCUT2D eigenvalue weighted by molar-refractivity contribution is -0.00645. The van der Waals surface area contributed by atoms with Crippen molar-refractivity contribution in [3.05, 3.63) is 120 Å². The molecule has 0 radical (unpaired) electrons. The fraction of sp³-hybridized carbons (Fsp3) is 0.323. The largest absolute Gasteiger partial charge is 0.462 e. The minimum Gasteiger partial charge on any atom is -0.462 e. The number of hydrogen-bond acceptors (Lipinski definition) is 4. The number of unbranched alkanes of at least 4 members (excludes halogenated alkanes) is 1. The molecule has 1 aliphatic rings. The highest BCUT2D eigenvalue weighted by Crippen LogP contribution is 2.37. The first-order chi connectivity index (χ1) is 17.2. The molecule has 1 saturated heterocycles. The summed E-state index contributed by atoms with van der Waals surface area (Å²) in [6.45, 7) is 2.30. The van der Waals surface area contributed by atoms with Crippen molar-refractivity contribution >= 4 is 5.97 Å². The van der Waals surface area contributed by atoms with Crippen molar-refractivity contribution in [2.75, 3.05) is 19.7 Å². The third-order valence-electron chi connectivity index (χ3n) is 6.72. The Morgan fingerprint density at radius 2 is 1.40 bits per heavy atom. The average molecular weight is 470 g/mol. The molecule has 0 aromatic heterocycles. The van der Waals surface area contributed by atoms with E-state index in [-0.39, 0.29) is 12.0 Å². The summed E-state index contributed by atoms with van der Waals surface area (Å²) in [6.07, 6.45) is 9.30. The van der Waals surface area contributed by atoms with Crippen LogP contribution in [0.2, 0.25) is 0 Å². The van der Waals surface area contributed by atoms with Gasteiger partial charge < -0.3 is 9.84 Å². The van der Waals surface area contributed by atoms with Gasteiger partial charge in [-0.15, -0.1) is 0 Å². The van der Waals surface area contributed by atoms with Crippen LogP contribution in [0.25, 0.3) is 0 Å². The van der Waals surface area contributed by atoms with E-state index in [9.17, 15) is 9.90 Å². The summed E-state index contributed by atoms with van der Waals surface area (Å²) < 4.78 is 5.42. The van der Waals surface area contributed by atoms with E-state index in [0.29, 0.717) is 12.2 Å². The molecule has 4 rings (SSSR count). The number of likely N-dealkylation sites (tertiary alicyclic amines) is 1. The Bertz CT molecular complexity index is 1020. The summed E-state index contributed by atoms with van der Waals surface area (Å²) in [6, 6.07) is 28.9. The molecule has 1 aliphatic heterocycles. The van der Waals surface area contributed by atoms with Gasteiger partial charge in [0.15, 0.2) is 0 Å². The molecule has 3 aromatic carbocycles. The lowest BCUT2D eigenvalue weighted by atomic mass is 9.78. The van der Waals surface area contributed by atoms with Crippen LogP contribution in [-0.4, -0.2) is 41.7 Å². The second kappa shape index (κ2) is 12.5. The van der Waals surface area contributed by atoms with Crippen LogP contribution in [0.5, 0.6) is 0 Å². The molecule has 0 bridgehead atoms. The summed E-state index contributed by atoms with van der Waals surface area (Å²) >= 11 is 0. The summed E-state index contributed by atoms with van der Waals surface area (Å²) in [7, 11) is 0. The molecular weight excluding hydrogens is 434 g/mol. The van der Waals surface area contributed by atoms with Crippen molar-refractivity contribution in [1.82, 2.24) is 4.90 Å². The maximum atomic E-state index is 12.4. The monoisotopic (exact) mass is 469 g/mol. The molecule has 1 N–H and O–H groups in total.